The number of aromatic nitrogens is 1. The van der Waals surface area contributed by atoms with Crippen molar-refractivity contribution >= 4 is 17.2 Å². The molecule has 1 N–H and O–H groups in total. The van der Waals surface area contributed by atoms with Gasteiger partial charge in [0.15, 0.2) is 0 Å². The van der Waals surface area contributed by atoms with Crippen molar-refractivity contribution in [3.8, 4) is 11.1 Å². The zero-order valence-corrected chi connectivity index (χ0v) is 14.9. The molecule has 3 rings (SSSR count). The molecule has 0 aliphatic carbocycles. The SMILES string of the molecule is Cc1nc(C)c(C(=O)N[C@@H](C)c2ccc(-c3ccccc3)cc2)s1. The minimum absolute atomic E-state index is 0.0517. The summed E-state index contributed by atoms with van der Waals surface area (Å²) < 4.78 is 0. The van der Waals surface area contributed by atoms with E-state index in [1.54, 1.807) is 0 Å². The molecule has 0 fully saturated rings. The van der Waals surface area contributed by atoms with E-state index in [2.05, 4.69) is 46.7 Å². The Morgan fingerprint density at radius 3 is 2.21 bits per heavy atom. The molecule has 122 valence electrons. The third-order valence-electron chi connectivity index (χ3n) is 3.98. The molecule has 2 aromatic carbocycles. The van der Waals surface area contributed by atoms with Gasteiger partial charge in [0.25, 0.3) is 5.91 Å². The van der Waals surface area contributed by atoms with E-state index in [1.165, 1.54) is 22.5 Å². The maximum absolute atomic E-state index is 12.4. The lowest BCUT2D eigenvalue weighted by molar-refractivity contribution is 0.0943. The fourth-order valence-electron chi connectivity index (χ4n) is 2.68. The fourth-order valence-corrected chi connectivity index (χ4v) is 3.51. The summed E-state index contributed by atoms with van der Waals surface area (Å²) in [5.41, 5.74) is 4.24. The number of nitrogens with zero attached hydrogens (tertiary/aromatic N) is 1. The van der Waals surface area contributed by atoms with Crippen LogP contribution in [0.4, 0.5) is 0 Å². The van der Waals surface area contributed by atoms with Crippen molar-refractivity contribution in [3.63, 3.8) is 0 Å². The number of hydrogen-bond acceptors (Lipinski definition) is 3. The number of aryl methyl sites for hydroxylation is 2. The largest absolute Gasteiger partial charge is 0.345 e. The zero-order valence-electron chi connectivity index (χ0n) is 14.0. The van der Waals surface area contributed by atoms with Gasteiger partial charge in [0.1, 0.15) is 4.88 Å². The van der Waals surface area contributed by atoms with Crippen LogP contribution in [0.5, 0.6) is 0 Å². The Bertz CT molecular complexity index is 838. The maximum Gasteiger partial charge on any atom is 0.263 e. The molecule has 4 heteroatoms. The van der Waals surface area contributed by atoms with E-state index in [0.717, 1.165) is 16.3 Å². The van der Waals surface area contributed by atoms with Crippen LogP contribution < -0.4 is 5.32 Å². The maximum atomic E-state index is 12.4. The van der Waals surface area contributed by atoms with E-state index in [1.807, 2.05) is 39.0 Å². The molecular formula is C20H20N2OS. The van der Waals surface area contributed by atoms with Gasteiger partial charge in [-0.3, -0.25) is 4.79 Å². The van der Waals surface area contributed by atoms with Crippen LogP contribution in [-0.2, 0) is 0 Å². The van der Waals surface area contributed by atoms with E-state index in [0.29, 0.717) is 4.88 Å². The van der Waals surface area contributed by atoms with Gasteiger partial charge in [-0.2, -0.15) is 0 Å². The first-order valence-corrected chi connectivity index (χ1v) is 8.76. The molecule has 0 spiro atoms. The average molecular weight is 336 g/mol. The van der Waals surface area contributed by atoms with Gasteiger partial charge >= 0.3 is 0 Å². The summed E-state index contributed by atoms with van der Waals surface area (Å²) in [5.74, 6) is -0.0577. The van der Waals surface area contributed by atoms with Crippen molar-refractivity contribution in [1.82, 2.24) is 10.3 Å². The summed E-state index contributed by atoms with van der Waals surface area (Å²) in [7, 11) is 0. The molecule has 0 unspecified atom stereocenters. The zero-order chi connectivity index (χ0) is 17.1. The van der Waals surface area contributed by atoms with E-state index in [9.17, 15) is 4.79 Å². The molecule has 0 saturated carbocycles. The first-order chi connectivity index (χ1) is 11.5. The van der Waals surface area contributed by atoms with Gasteiger partial charge in [-0.1, -0.05) is 54.6 Å². The summed E-state index contributed by atoms with van der Waals surface area (Å²) in [6, 6.07) is 18.5. The second-order valence-electron chi connectivity index (χ2n) is 5.83. The first kappa shape index (κ1) is 16.4. The van der Waals surface area contributed by atoms with E-state index < -0.39 is 0 Å². The number of benzene rings is 2. The number of amides is 1. The lowest BCUT2D eigenvalue weighted by atomic mass is 10.0. The first-order valence-electron chi connectivity index (χ1n) is 7.95. The van der Waals surface area contributed by atoms with Crippen LogP contribution >= 0.6 is 11.3 Å². The van der Waals surface area contributed by atoms with Gasteiger partial charge in [-0.15, -0.1) is 11.3 Å². The lowest BCUT2D eigenvalue weighted by Gasteiger charge is -2.14. The number of carbonyl (C=O) groups is 1. The monoisotopic (exact) mass is 336 g/mol. The summed E-state index contributed by atoms with van der Waals surface area (Å²) in [5, 5.41) is 3.97. The Morgan fingerprint density at radius 2 is 1.62 bits per heavy atom. The summed E-state index contributed by atoms with van der Waals surface area (Å²) >= 11 is 1.44. The molecule has 1 amide bonds. The lowest BCUT2D eigenvalue weighted by Crippen LogP contribution is -2.26. The highest BCUT2D eigenvalue weighted by Crippen LogP contribution is 2.23. The second kappa shape index (κ2) is 6.97. The van der Waals surface area contributed by atoms with Crippen molar-refractivity contribution in [1.29, 1.82) is 0 Å². The predicted octanol–water partition coefficient (Wildman–Crippen LogP) is 4.92. The van der Waals surface area contributed by atoms with E-state index in [-0.39, 0.29) is 11.9 Å². The normalized spacial score (nSPS) is 12.0. The fraction of sp³-hybridized carbons (Fsp3) is 0.200. The number of thiazole rings is 1. The number of carbonyl (C=O) groups excluding carboxylic acids is 1. The molecule has 0 radical (unpaired) electrons. The van der Waals surface area contributed by atoms with Crippen LogP contribution in [-0.4, -0.2) is 10.9 Å². The number of rotatable bonds is 4. The molecule has 3 aromatic rings. The Hall–Kier alpha value is -2.46. The molecule has 1 heterocycles. The van der Waals surface area contributed by atoms with Gasteiger partial charge in [-0.25, -0.2) is 4.98 Å². The molecule has 24 heavy (non-hydrogen) atoms. The Labute approximate surface area is 146 Å². The van der Waals surface area contributed by atoms with Crippen molar-refractivity contribution in [2.24, 2.45) is 0 Å². The van der Waals surface area contributed by atoms with Crippen LogP contribution in [0.15, 0.2) is 54.6 Å². The Balaban J connectivity index is 1.72. The van der Waals surface area contributed by atoms with Crippen LogP contribution in [0.1, 0.15) is 38.9 Å². The molecule has 1 aromatic heterocycles. The highest BCUT2D eigenvalue weighted by Gasteiger charge is 2.16. The van der Waals surface area contributed by atoms with E-state index in [4.69, 9.17) is 0 Å². The standard InChI is InChI=1S/C20H20N2OS/c1-13(22-20(23)19-14(2)21-15(3)24-19)16-9-11-18(12-10-16)17-7-5-4-6-8-17/h4-13H,1-3H3,(H,22,23)/t13-/m0/s1. The van der Waals surface area contributed by atoms with Gasteiger partial charge < -0.3 is 5.32 Å². The van der Waals surface area contributed by atoms with Crippen LogP contribution in [0.2, 0.25) is 0 Å². The smallest absolute Gasteiger partial charge is 0.263 e. The average Bonchev–Trinajstić information content (AvgIpc) is 2.94. The van der Waals surface area contributed by atoms with Crippen molar-refractivity contribution in [3.05, 3.63) is 75.7 Å². The van der Waals surface area contributed by atoms with Crippen LogP contribution in [0, 0.1) is 13.8 Å². The third-order valence-corrected chi connectivity index (χ3v) is 5.05. The molecule has 1 atom stereocenters. The van der Waals surface area contributed by atoms with E-state index >= 15 is 0 Å². The Kier molecular flexibility index (Phi) is 4.76. The summed E-state index contributed by atoms with van der Waals surface area (Å²) in [6.45, 7) is 5.79. The van der Waals surface area contributed by atoms with Crippen molar-refractivity contribution in [2.75, 3.05) is 0 Å². The molecular weight excluding hydrogens is 316 g/mol. The van der Waals surface area contributed by atoms with Gasteiger partial charge in [0, 0.05) is 0 Å². The summed E-state index contributed by atoms with van der Waals surface area (Å²) in [6.07, 6.45) is 0. The topological polar surface area (TPSA) is 42.0 Å². The Morgan fingerprint density at radius 1 is 1.00 bits per heavy atom. The molecule has 0 aliphatic heterocycles. The summed E-state index contributed by atoms with van der Waals surface area (Å²) in [4.78, 5) is 17.4. The van der Waals surface area contributed by atoms with Crippen molar-refractivity contribution < 1.29 is 4.79 Å². The molecule has 3 nitrogen and oxygen atoms in total. The number of hydrogen-bond donors (Lipinski definition) is 1. The highest BCUT2D eigenvalue weighted by molar-refractivity contribution is 7.13. The second-order valence-corrected chi connectivity index (χ2v) is 7.03. The van der Waals surface area contributed by atoms with Crippen molar-refractivity contribution in [2.45, 2.75) is 26.8 Å². The molecule has 0 saturated heterocycles. The molecule has 0 bridgehead atoms. The highest BCUT2D eigenvalue weighted by atomic mass is 32.1. The predicted molar refractivity (Wildman–Crippen MR) is 99.3 cm³/mol. The van der Waals surface area contributed by atoms with Gasteiger partial charge in [-0.05, 0) is 37.5 Å². The van der Waals surface area contributed by atoms with Crippen LogP contribution in [0.3, 0.4) is 0 Å². The molecule has 0 aliphatic rings. The van der Waals surface area contributed by atoms with Gasteiger partial charge in [0.2, 0.25) is 0 Å². The van der Waals surface area contributed by atoms with Gasteiger partial charge in [0.05, 0.1) is 16.7 Å². The third kappa shape index (κ3) is 3.54. The number of nitrogens with one attached hydrogen (secondary N) is 1. The van der Waals surface area contributed by atoms with Crippen LogP contribution in [0.25, 0.3) is 11.1 Å². The minimum Gasteiger partial charge on any atom is -0.345 e. The quantitative estimate of drug-likeness (QED) is 0.735. The minimum atomic E-state index is -0.0577.